The first kappa shape index (κ1) is 18.6. The van der Waals surface area contributed by atoms with Crippen LogP contribution in [0.3, 0.4) is 0 Å². The Kier molecular flexibility index (Phi) is 6.51. The molecule has 1 aliphatic rings. The van der Waals surface area contributed by atoms with Gasteiger partial charge in [-0.3, -0.25) is 14.4 Å². The minimum Gasteiger partial charge on any atom is -0.481 e. The number of hydrogen-bond acceptors (Lipinski definition) is 4. The largest absolute Gasteiger partial charge is 0.481 e. The zero-order chi connectivity index (χ0) is 17.7. The number of carboxylic acid groups (broad SMARTS) is 1. The molecule has 0 aromatic heterocycles. The highest BCUT2D eigenvalue weighted by Gasteiger charge is 2.36. The summed E-state index contributed by atoms with van der Waals surface area (Å²) in [6, 6.07) is 6.06. The average molecular weight is 371 g/mol. The van der Waals surface area contributed by atoms with Gasteiger partial charge in [0.15, 0.2) is 0 Å². The van der Waals surface area contributed by atoms with Gasteiger partial charge in [0.05, 0.1) is 5.88 Å². The number of carboxylic acids is 1. The summed E-state index contributed by atoms with van der Waals surface area (Å²) in [6.07, 6.45) is 0.410. The zero-order valence-electron chi connectivity index (χ0n) is 13.3. The number of benzene rings is 1. The molecule has 1 aromatic rings. The van der Waals surface area contributed by atoms with Crippen LogP contribution < -0.4 is 0 Å². The second-order valence-electron chi connectivity index (χ2n) is 5.55. The van der Waals surface area contributed by atoms with Gasteiger partial charge >= 0.3 is 5.97 Å². The number of nitrogens with zero attached hydrogens (tertiary/aromatic N) is 2. The fraction of sp³-hybridized carbons (Fsp3) is 0.438. The number of halogens is 1. The minimum absolute atomic E-state index is 0.0183. The van der Waals surface area contributed by atoms with Crippen molar-refractivity contribution in [2.45, 2.75) is 18.9 Å². The molecule has 0 spiro atoms. The van der Waals surface area contributed by atoms with Crippen LogP contribution in [0.5, 0.6) is 0 Å². The van der Waals surface area contributed by atoms with Crippen LogP contribution in [0, 0.1) is 0 Å². The third-order valence-corrected chi connectivity index (χ3v) is 5.04. The molecule has 0 bridgehead atoms. The van der Waals surface area contributed by atoms with Gasteiger partial charge in [0, 0.05) is 36.4 Å². The van der Waals surface area contributed by atoms with Gasteiger partial charge in [0.1, 0.15) is 6.04 Å². The third kappa shape index (κ3) is 4.64. The summed E-state index contributed by atoms with van der Waals surface area (Å²) in [4.78, 5) is 38.8. The molecule has 0 aliphatic carbocycles. The minimum atomic E-state index is -0.883. The van der Waals surface area contributed by atoms with Crippen molar-refractivity contribution in [1.82, 2.24) is 9.80 Å². The van der Waals surface area contributed by atoms with E-state index in [2.05, 4.69) is 0 Å². The van der Waals surface area contributed by atoms with Crippen LogP contribution in [0.2, 0.25) is 5.02 Å². The summed E-state index contributed by atoms with van der Waals surface area (Å²) in [5, 5.41) is 9.22. The number of hydrogen-bond donors (Lipinski definition) is 1. The molecule has 6 nitrogen and oxygen atoms in total. The molecule has 8 heteroatoms. The Morgan fingerprint density at radius 2 is 2.00 bits per heavy atom. The topological polar surface area (TPSA) is 77.9 Å². The maximum Gasteiger partial charge on any atom is 0.303 e. The van der Waals surface area contributed by atoms with Gasteiger partial charge in [0.2, 0.25) is 5.91 Å². The van der Waals surface area contributed by atoms with Gasteiger partial charge < -0.3 is 14.9 Å². The van der Waals surface area contributed by atoms with Crippen LogP contribution in [0.1, 0.15) is 23.2 Å². The molecule has 1 atom stereocenters. The van der Waals surface area contributed by atoms with E-state index in [4.69, 9.17) is 16.7 Å². The number of likely N-dealkylation sites (N-methyl/N-ethyl adjacent to an activating group) is 1. The summed E-state index contributed by atoms with van der Waals surface area (Å²) < 4.78 is 0. The van der Waals surface area contributed by atoms with E-state index in [9.17, 15) is 14.4 Å². The molecule has 1 aliphatic heterocycles. The standard InChI is InChI=1S/C16H19ClN2O4S/c1-18(8-2-3-14(20)21)16(23)13-9-24-10-19(13)15(22)11-4-6-12(17)7-5-11/h4-7,13H,2-3,8-10H2,1H3,(H,20,21). The number of carbonyl (C=O) groups is 3. The van der Waals surface area contributed by atoms with Gasteiger partial charge in [0.25, 0.3) is 5.91 Å². The van der Waals surface area contributed by atoms with Crippen molar-refractivity contribution in [3.63, 3.8) is 0 Å². The van der Waals surface area contributed by atoms with E-state index >= 15 is 0 Å². The van der Waals surface area contributed by atoms with Crippen LogP contribution in [0.4, 0.5) is 0 Å². The highest BCUT2D eigenvalue weighted by Crippen LogP contribution is 2.25. The maximum absolute atomic E-state index is 12.6. The Balaban J connectivity index is 2.01. The number of amides is 2. The van der Waals surface area contributed by atoms with Crippen molar-refractivity contribution in [1.29, 1.82) is 0 Å². The van der Waals surface area contributed by atoms with E-state index in [0.717, 1.165) is 0 Å². The smallest absolute Gasteiger partial charge is 0.303 e. The summed E-state index contributed by atoms with van der Waals surface area (Å²) in [6.45, 7) is 0.356. The molecule has 1 unspecified atom stereocenters. The van der Waals surface area contributed by atoms with Crippen LogP contribution in [-0.2, 0) is 9.59 Å². The summed E-state index contributed by atoms with van der Waals surface area (Å²) >= 11 is 7.36. The van der Waals surface area contributed by atoms with Gasteiger partial charge in [-0.05, 0) is 30.7 Å². The Bertz CT molecular complexity index is 623. The predicted octanol–water partition coefficient (Wildman–Crippen LogP) is 2.18. The number of aliphatic carboxylic acids is 1. The van der Waals surface area contributed by atoms with Crippen molar-refractivity contribution in [2.75, 3.05) is 25.2 Å². The average Bonchev–Trinajstić information content (AvgIpc) is 3.03. The lowest BCUT2D eigenvalue weighted by molar-refractivity contribution is -0.138. The fourth-order valence-electron chi connectivity index (χ4n) is 2.44. The van der Waals surface area contributed by atoms with Crippen LogP contribution in [-0.4, -0.2) is 64.0 Å². The van der Waals surface area contributed by atoms with E-state index in [1.807, 2.05) is 0 Å². The Hall–Kier alpha value is -1.73. The van der Waals surface area contributed by atoms with Crippen LogP contribution in [0.25, 0.3) is 0 Å². The SMILES string of the molecule is CN(CCCC(=O)O)C(=O)C1CSCN1C(=O)c1ccc(Cl)cc1. The highest BCUT2D eigenvalue weighted by atomic mass is 35.5. The monoisotopic (exact) mass is 370 g/mol. The first-order valence-electron chi connectivity index (χ1n) is 7.51. The third-order valence-electron chi connectivity index (χ3n) is 3.78. The molecule has 1 N–H and O–H groups in total. The van der Waals surface area contributed by atoms with E-state index in [1.165, 1.54) is 16.7 Å². The van der Waals surface area contributed by atoms with Gasteiger partial charge in [-0.1, -0.05) is 11.6 Å². The Morgan fingerprint density at radius 1 is 1.33 bits per heavy atom. The first-order chi connectivity index (χ1) is 11.4. The molecule has 130 valence electrons. The number of thioether (sulfide) groups is 1. The first-order valence-corrected chi connectivity index (χ1v) is 9.04. The molecular weight excluding hydrogens is 352 g/mol. The summed E-state index contributed by atoms with van der Waals surface area (Å²) in [7, 11) is 1.64. The lowest BCUT2D eigenvalue weighted by atomic mass is 10.1. The van der Waals surface area contributed by atoms with Gasteiger partial charge in [-0.25, -0.2) is 0 Å². The van der Waals surface area contributed by atoms with Crippen molar-refractivity contribution in [2.24, 2.45) is 0 Å². The molecular formula is C16H19ClN2O4S. The van der Waals surface area contributed by atoms with Crippen molar-refractivity contribution in [3.05, 3.63) is 34.9 Å². The molecule has 2 rings (SSSR count). The number of rotatable bonds is 6. The molecule has 1 aromatic carbocycles. The lowest BCUT2D eigenvalue weighted by Gasteiger charge is -2.27. The van der Waals surface area contributed by atoms with E-state index < -0.39 is 12.0 Å². The molecule has 0 saturated carbocycles. The molecule has 1 fully saturated rings. The normalized spacial score (nSPS) is 16.9. The second kappa shape index (κ2) is 8.39. The lowest BCUT2D eigenvalue weighted by Crippen LogP contribution is -2.48. The fourth-order valence-corrected chi connectivity index (χ4v) is 3.71. The maximum atomic E-state index is 12.6. The van der Waals surface area contributed by atoms with Gasteiger partial charge in [-0.15, -0.1) is 11.8 Å². The molecule has 2 amide bonds. The second-order valence-corrected chi connectivity index (χ2v) is 6.99. The summed E-state index contributed by atoms with van der Waals surface area (Å²) in [5.41, 5.74) is 0.494. The molecule has 24 heavy (non-hydrogen) atoms. The van der Waals surface area contributed by atoms with E-state index in [1.54, 1.807) is 36.2 Å². The van der Waals surface area contributed by atoms with Crippen molar-refractivity contribution in [3.8, 4) is 0 Å². The molecule has 1 saturated heterocycles. The highest BCUT2D eigenvalue weighted by molar-refractivity contribution is 7.99. The predicted molar refractivity (Wildman–Crippen MR) is 93.2 cm³/mol. The van der Waals surface area contributed by atoms with Gasteiger partial charge in [-0.2, -0.15) is 0 Å². The summed E-state index contributed by atoms with van der Waals surface area (Å²) in [5.74, 6) is -0.240. The Morgan fingerprint density at radius 3 is 2.62 bits per heavy atom. The zero-order valence-corrected chi connectivity index (χ0v) is 14.8. The van der Waals surface area contributed by atoms with E-state index in [0.29, 0.717) is 35.2 Å². The van der Waals surface area contributed by atoms with E-state index in [-0.39, 0.29) is 18.2 Å². The van der Waals surface area contributed by atoms with Crippen molar-refractivity contribution >= 4 is 41.1 Å². The van der Waals surface area contributed by atoms with Crippen LogP contribution >= 0.6 is 23.4 Å². The number of carbonyl (C=O) groups excluding carboxylic acids is 2. The van der Waals surface area contributed by atoms with Crippen molar-refractivity contribution < 1.29 is 19.5 Å². The molecule has 1 heterocycles. The Labute approximate surface area is 149 Å². The van der Waals surface area contributed by atoms with Crippen LogP contribution in [0.15, 0.2) is 24.3 Å². The molecule has 0 radical (unpaired) electrons. The quantitative estimate of drug-likeness (QED) is 0.830.